The smallest absolute Gasteiger partial charge is 0.224 e. The normalized spacial score (nSPS) is 22.0. The number of hydrogen-bond donors (Lipinski definition) is 1. The molecule has 2 rings (SSSR count). The van der Waals surface area contributed by atoms with E-state index >= 15 is 0 Å². The Balaban J connectivity index is 2.01. The molecule has 3 nitrogen and oxygen atoms in total. The van der Waals surface area contributed by atoms with Gasteiger partial charge in [0.15, 0.2) is 0 Å². The molecule has 76 valence electrons. The van der Waals surface area contributed by atoms with Gasteiger partial charge in [0.25, 0.3) is 0 Å². The number of nitrogens with zero attached hydrogens (tertiary/aromatic N) is 1. The third-order valence-electron chi connectivity index (χ3n) is 2.22. The van der Waals surface area contributed by atoms with Crippen molar-refractivity contribution in [2.75, 3.05) is 6.54 Å². The minimum absolute atomic E-state index is 0.0194. The number of amides is 1. The van der Waals surface area contributed by atoms with Gasteiger partial charge < -0.3 is 10.6 Å². The Morgan fingerprint density at radius 1 is 1.64 bits per heavy atom. The van der Waals surface area contributed by atoms with E-state index in [2.05, 4.69) is 15.9 Å². The van der Waals surface area contributed by atoms with Crippen molar-refractivity contribution < 1.29 is 4.79 Å². The molecule has 0 aromatic carbocycles. The van der Waals surface area contributed by atoms with E-state index in [-0.39, 0.29) is 11.9 Å². The number of halogens is 1. The Hall–Kier alpha value is -0.390. The first-order chi connectivity index (χ1) is 6.65. The summed E-state index contributed by atoms with van der Waals surface area (Å²) in [5.74, 6) is 0.169. The molecule has 1 aliphatic rings. The first kappa shape index (κ1) is 10.1. The van der Waals surface area contributed by atoms with Gasteiger partial charge in [-0.2, -0.15) is 0 Å². The van der Waals surface area contributed by atoms with Gasteiger partial charge in [-0.05, 0) is 28.1 Å². The summed E-state index contributed by atoms with van der Waals surface area (Å²) in [5.41, 5.74) is 5.71. The van der Waals surface area contributed by atoms with Gasteiger partial charge in [-0.25, -0.2) is 0 Å². The molecule has 2 N–H and O–H groups in total. The van der Waals surface area contributed by atoms with E-state index in [0.717, 1.165) is 3.79 Å². The van der Waals surface area contributed by atoms with Crippen molar-refractivity contribution in [1.82, 2.24) is 4.90 Å². The van der Waals surface area contributed by atoms with Crippen LogP contribution in [0, 0.1) is 0 Å². The highest BCUT2D eigenvalue weighted by Gasteiger charge is 2.26. The molecule has 1 saturated heterocycles. The van der Waals surface area contributed by atoms with E-state index in [0.29, 0.717) is 19.5 Å². The van der Waals surface area contributed by atoms with Crippen LogP contribution in [0.2, 0.25) is 0 Å². The summed E-state index contributed by atoms with van der Waals surface area (Å²) < 4.78 is 1.10. The zero-order valence-electron chi connectivity index (χ0n) is 7.57. The maximum Gasteiger partial charge on any atom is 0.224 e. The quantitative estimate of drug-likeness (QED) is 0.890. The third-order valence-corrected chi connectivity index (χ3v) is 3.83. The number of rotatable bonds is 2. The van der Waals surface area contributed by atoms with Crippen LogP contribution in [0.1, 0.15) is 11.3 Å². The van der Waals surface area contributed by atoms with Crippen molar-refractivity contribution >= 4 is 33.2 Å². The van der Waals surface area contributed by atoms with Gasteiger partial charge in [0.2, 0.25) is 5.91 Å². The Morgan fingerprint density at radius 3 is 2.93 bits per heavy atom. The average molecular weight is 275 g/mol. The van der Waals surface area contributed by atoms with Crippen molar-refractivity contribution in [1.29, 1.82) is 0 Å². The standard InChI is InChI=1S/C9H11BrN2OS/c10-8-2-1-7(14-8)5-12-4-6(11)3-9(12)13/h1-2,6H,3-5,11H2. The highest BCUT2D eigenvalue weighted by atomic mass is 79.9. The Bertz CT molecular complexity index is 352. The van der Waals surface area contributed by atoms with Gasteiger partial charge in [0.05, 0.1) is 10.3 Å². The Labute approximate surface area is 95.0 Å². The molecule has 0 radical (unpaired) electrons. The molecule has 1 aliphatic heterocycles. The summed E-state index contributed by atoms with van der Waals surface area (Å²) in [4.78, 5) is 14.5. The highest BCUT2D eigenvalue weighted by Crippen LogP contribution is 2.24. The molecule has 0 spiro atoms. The predicted octanol–water partition coefficient (Wildman–Crippen LogP) is 1.57. The minimum atomic E-state index is 0.0194. The van der Waals surface area contributed by atoms with Crippen molar-refractivity contribution in [3.05, 3.63) is 20.8 Å². The minimum Gasteiger partial charge on any atom is -0.336 e. The summed E-state index contributed by atoms with van der Waals surface area (Å²) in [5, 5.41) is 0. The topological polar surface area (TPSA) is 46.3 Å². The summed E-state index contributed by atoms with van der Waals surface area (Å²) in [6.45, 7) is 1.39. The number of thiophene rings is 1. The summed E-state index contributed by atoms with van der Waals surface area (Å²) >= 11 is 5.06. The highest BCUT2D eigenvalue weighted by molar-refractivity contribution is 9.11. The lowest BCUT2D eigenvalue weighted by molar-refractivity contribution is -0.128. The van der Waals surface area contributed by atoms with E-state index in [9.17, 15) is 4.79 Å². The molecule has 0 aliphatic carbocycles. The van der Waals surface area contributed by atoms with E-state index in [1.807, 2.05) is 17.0 Å². The molecule has 1 unspecified atom stereocenters. The second-order valence-corrected chi connectivity index (χ2v) is 5.99. The van der Waals surface area contributed by atoms with Crippen LogP contribution in [0.5, 0.6) is 0 Å². The monoisotopic (exact) mass is 274 g/mol. The van der Waals surface area contributed by atoms with Crippen LogP contribution in [0.3, 0.4) is 0 Å². The Morgan fingerprint density at radius 2 is 2.43 bits per heavy atom. The third kappa shape index (κ3) is 2.16. The second-order valence-electron chi connectivity index (χ2n) is 3.44. The van der Waals surface area contributed by atoms with Crippen LogP contribution in [-0.4, -0.2) is 23.4 Å². The molecular weight excluding hydrogens is 264 g/mol. The zero-order valence-corrected chi connectivity index (χ0v) is 9.97. The fraction of sp³-hybridized carbons (Fsp3) is 0.444. The van der Waals surface area contributed by atoms with Crippen LogP contribution in [0.15, 0.2) is 15.9 Å². The zero-order chi connectivity index (χ0) is 10.1. The van der Waals surface area contributed by atoms with E-state index in [4.69, 9.17) is 5.73 Å². The SMILES string of the molecule is NC1CC(=O)N(Cc2ccc(Br)s2)C1. The number of hydrogen-bond acceptors (Lipinski definition) is 3. The number of carbonyl (C=O) groups is 1. The summed E-state index contributed by atoms with van der Waals surface area (Å²) in [6, 6.07) is 4.05. The lowest BCUT2D eigenvalue weighted by atomic mass is 10.3. The lowest BCUT2D eigenvalue weighted by Gasteiger charge is -2.14. The van der Waals surface area contributed by atoms with Crippen molar-refractivity contribution in [2.45, 2.75) is 19.0 Å². The number of carbonyl (C=O) groups excluding carboxylic acids is 1. The van der Waals surface area contributed by atoms with Gasteiger partial charge >= 0.3 is 0 Å². The molecule has 1 atom stereocenters. The van der Waals surface area contributed by atoms with Crippen LogP contribution in [0.4, 0.5) is 0 Å². The molecular formula is C9H11BrN2OS. The maximum absolute atomic E-state index is 11.4. The van der Waals surface area contributed by atoms with Crippen LogP contribution < -0.4 is 5.73 Å². The fourth-order valence-corrected chi connectivity index (χ4v) is 3.08. The predicted molar refractivity (Wildman–Crippen MR) is 60.0 cm³/mol. The fourth-order valence-electron chi connectivity index (χ4n) is 1.58. The van der Waals surface area contributed by atoms with Crippen molar-refractivity contribution in [3.63, 3.8) is 0 Å². The summed E-state index contributed by atoms with van der Waals surface area (Å²) in [7, 11) is 0. The Kier molecular flexibility index (Phi) is 2.90. The number of likely N-dealkylation sites (tertiary alicyclic amines) is 1. The molecule has 0 saturated carbocycles. The van der Waals surface area contributed by atoms with E-state index in [1.165, 1.54) is 4.88 Å². The molecule has 1 amide bonds. The van der Waals surface area contributed by atoms with Gasteiger partial charge in [0.1, 0.15) is 0 Å². The van der Waals surface area contributed by atoms with E-state index < -0.39 is 0 Å². The van der Waals surface area contributed by atoms with Crippen LogP contribution >= 0.6 is 27.3 Å². The van der Waals surface area contributed by atoms with Crippen molar-refractivity contribution in [3.8, 4) is 0 Å². The molecule has 0 bridgehead atoms. The first-order valence-corrected chi connectivity index (χ1v) is 6.03. The van der Waals surface area contributed by atoms with E-state index in [1.54, 1.807) is 11.3 Å². The molecule has 1 aromatic heterocycles. The van der Waals surface area contributed by atoms with Crippen molar-refractivity contribution in [2.24, 2.45) is 5.73 Å². The molecule has 5 heteroatoms. The maximum atomic E-state index is 11.4. The summed E-state index contributed by atoms with van der Waals surface area (Å²) in [6.07, 6.45) is 0.493. The van der Waals surface area contributed by atoms with Crippen LogP contribution in [0.25, 0.3) is 0 Å². The van der Waals surface area contributed by atoms with Gasteiger partial charge in [-0.3, -0.25) is 4.79 Å². The molecule has 2 heterocycles. The molecule has 1 fully saturated rings. The van der Waals surface area contributed by atoms with Crippen LogP contribution in [-0.2, 0) is 11.3 Å². The number of nitrogens with two attached hydrogens (primary N) is 1. The second kappa shape index (κ2) is 4.00. The molecule has 1 aromatic rings. The largest absolute Gasteiger partial charge is 0.336 e. The van der Waals surface area contributed by atoms with Gasteiger partial charge in [-0.15, -0.1) is 11.3 Å². The lowest BCUT2D eigenvalue weighted by Crippen LogP contribution is -2.27. The average Bonchev–Trinajstić information content (AvgIpc) is 2.61. The van der Waals surface area contributed by atoms with Gasteiger partial charge in [-0.1, -0.05) is 0 Å². The molecule has 14 heavy (non-hydrogen) atoms. The van der Waals surface area contributed by atoms with Gasteiger partial charge in [0, 0.05) is 23.9 Å². The first-order valence-electron chi connectivity index (χ1n) is 4.43.